The number of nitrogens with one attached hydrogen (secondary N) is 2. The first-order valence-electron chi connectivity index (χ1n) is 4.95. The molecule has 0 bridgehead atoms. The van der Waals surface area contributed by atoms with E-state index in [1.807, 2.05) is 25.2 Å². The van der Waals surface area contributed by atoms with E-state index in [4.69, 9.17) is 16.3 Å². The molecular weight excluding hydrogens is 212 g/mol. The Morgan fingerprint density at radius 2 is 2.13 bits per heavy atom. The van der Waals surface area contributed by atoms with Crippen molar-refractivity contribution in [3.8, 4) is 5.75 Å². The summed E-state index contributed by atoms with van der Waals surface area (Å²) in [5, 5.41) is 7.04. The van der Waals surface area contributed by atoms with Gasteiger partial charge in [0.2, 0.25) is 0 Å². The predicted octanol–water partition coefficient (Wildman–Crippen LogP) is 1.66. The summed E-state index contributed by atoms with van der Waals surface area (Å²) in [6.45, 7) is 2.73. The Balaban J connectivity index is 2.45. The van der Waals surface area contributed by atoms with E-state index >= 15 is 0 Å². The van der Waals surface area contributed by atoms with Gasteiger partial charge in [-0.25, -0.2) is 0 Å². The number of halogens is 1. The van der Waals surface area contributed by atoms with E-state index in [-0.39, 0.29) is 0 Å². The number of methoxy groups -OCH3 is 1. The van der Waals surface area contributed by atoms with E-state index in [1.165, 1.54) is 0 Å². The number of ether oxygens (including phenoxy) is 1. The highest BCUT2D eigenvalue weighted by Gasteiger charge is 2.00. The smallest absolute Gasteiger partial charge is 0.137 e. The second-order valence-electron chi connectivity index (χ2n) is 3.25. The van der Waals surface area contributed by atoms with Crippen molar-refractivity contribution in [1.29, 1.82) is 0 Å². The number of rotatable bonds is 6. The molecule has 0 radical (unpaired) electrons. The lowest BCUT2D eigenvalue weighted by Crippen LogP contribution is -2.24. The van der Waals surface area contributed by atoms with Crippen LogP contribution in [0.4, 0.5) is 0 Å². The van der Waals surface area contributed by atoms with Gasteiger partial charge in [-0.1, -0.05) is 17.7 Å². The molecule has 0 fully saturated rings. The van der Waals surface area contributed by atoms with E-state index in [0.717, 1.165) is 30.9 Å². The van der Waals surface area contributed by atoms with Gasteiger partial charge in [0, 0.05) is 19.6 Å². The monoisotopic (exact) mass is 228 g/mol. The molecule has 15 heavy (non-hydrogen) atoms. The maximum atomic E-state index is 6.00. The Labute approximate surface area is 95.8 Å². The lowest BCUT2D eigenvalue weighted by atomic mass is 10.2. The Morgan fingerprint density at radius 1 is 1.33 bits per heavy atom. The van der Waals surface area contributed by atoms with Crippen molar-refractivity contribution < 1.29 is 4.74 Å². The van der Waals surface area contributed by atoms with Gasteiger partial charge in [0.1, 0.15) is 5.75 Å². The molecule has 0 spiro atoms. The van der Waals surface area contributed by atoms with Gasteiger partial charge in [0.25, 0.3) is 0 Å². The van der Waals surface area contributed by atoms with Gasteiger partial charge in [-0.15, -0.1) is 0 Å². The molecule has 0 unspecified atom stereocenters. The molecule has 0 saturated carbocycles. The van der Waals surface area contributed by atoms with Crippen molar-refractivity contribution in [1.82, 2.24) is 10.6 Å². The van der Waals surface area contributed by atoms with Gasteiger partial charge in [0.15, 0.2) is 0 Å². The minimum absolute atomic E-state index is 0.658. The average Bonchev–Trinajstić information content (AvgIpc) is 2.25. The minimum Gasteiger partial charge on any atom is -0.495 e. The van der Waals surface area contributed by atoms with Gasteiger partial charge in [-0.2, -0.15) is 0 Å². The molecule has 1 aromatic carbocycles. The minimum atomic E-state index is 0.658. The molecule has 3 nitrogen and oxygen atoms in total. The molecule has 0 heterocycles. The van der Waals surface area contributed by atoms with Gasteiger partial charge in [-0.3, -0.25) is 0 Å². The molecule has 0 amide bonds. The summed E-state index contributed by atoms with van der Waals surface area (Å²) in [6, 6.07) is 5.82. The zero-order valence-electron chi connectivity index (χ0n) is 9.14. The zero-order valence-corrected chi connectivity index (χ0v) is 9.90. The third-order valence-electron chi connectivity index (χ3n) is 2.10. The van der Waals surface area contributed by atoms with Crippen LogP contribution in [0, 0.1) is 0 Å². The molecule has 0 atom stereocenters. The van der Waals surface area contributed by atoms with Crippen LogP contribution in [0.2, 0.25) is 5.02 Å². The fourth-order valence-electron chi connectivity index (χ4n) is 1.27. The summed E-state index contributed by atoms with van der Waals surface area (Å²) in [6.07, 6.45) is 0. The quantitative estimate of drug-likeness (QED) is 0.727. The maximum Gasteiger partial charge on any atom is 0.137 e. The lowest BCUT2D eigenvalue weighted by molar-refractivity contribution is 0.415. The van der Waals surface area contributed by atoms with Crippen molar-refractivity contribution in [2.75, 3.05) is 27.2 Å². The topological polar surface area (TPSA) is 33.3 Å². The number of benzene rings is 1. The van der Waals surface area contributed by atoms with Crippen LogP contribution in [0.3, 0.4) is 0 Å². The van der Waals surface area contributed by atoms with Crippen molar-refractivity contribution in [2.24, 2.45) is 0 Å². The van der Waals surface area contributed by atoms with Crippen LogP contribution >= 0.6 is 11.6 Å². The Kier molecular flexibility index (Phi) is 5.47. The first-order valence-corrected chi connectivity index (χ1v) is 5.33. The molecule has 4 heteroatoms. The highest BCUT2D eigenvalue weighted by atomic mass is 35.5. The normalized spacial score (nSPS) is 10.3. The molecule has 0 aliphatic heterocycles. The van der Waals surface area contributed by atoms with Gasteiger partial charge >= 0.3 is 0 Å². The van der Waals surface area contributed by atoms with Crippen LogP contribution in [0.5, 0.6) is 5.75 Å². The van der Waals surface area contributed by atoms with E-state index in [1.54, 1.807) is 7.11 Å². The van der Waals surface area contributed by atoms with Gasteiger partial charge in [-0.05, 0) is 24.7 Å². The summed E-state index contributed by atoms with van der Waals surface area (Å²) >= 11 is 6.00. The third-order valence-corrected chi connectivity index (χ3v) is 2.39. The predicted molar refractivity (Wildman–Crippen MR) is 63.6 cm³/mol. The van der Waals surface area contributed by atoms with Gasteiger partial charge < -0.3 is 15.4 Å². The second-order valence-corrected chi connectivity index (χ2v) is 3.66. The zero-order chi connectivity index (χ0) is 11.1. The molecule has 84 valence electrons. The summed E-state index contributed by atoms with van der Waals surface area (Å²) in [4.78, 5) is 0. The fourth-order valence-corrected chi connectivity index (χ4v) is 1.55. The van der Waals surface area contributed by atoms with Crippen molar-refractivity contribution >= 4 is 11.6 Å². The van der Waals surface area contributed by atoms with Crippen LogP contribution in [0.15, 0.2) is 18.2 Å². The lowest BCUT2D eigenvalue weighted by Gasteiger charge is -2.07. The van der Waals surface area contributed by atoms with E-state index < -0.39 is 0 Å². The van der Waals surface area contributed by atoms with Crippen LogP contribution in [-0.2, 0) is 6.54 Å². The molecule has 1 aromatic rings. The SMILES string of the molecule is CNCCNCc1ccc(OC)c(Cl)c1. The second kappa shape index (κ2) is 6.67. The highest BCUT2D eigenvalue weighted by molar-refractivity contribution is 6.32. The standard InChI is InChI=1S/C11H17ClN2O/c1-13-5-6-14-8-9-3-4-11(15-2)10(12)7-9/h3-4,7,13-14H,5-6,8H2,1-2H3. The molecule has 0 saturated heterocycles. The summed E-state index contributed by atoms with van der Waals surface area (Å²) in [5.41, 5.74) is 1.16. The van der Waals surface area contributed by atoms with Crippen LogP contribution < -0.4 is 15.4 Å². The fraction of sp³-hybridized carbons (Fsp3) is 0.455. The molecule has 0 aliphatic carbocycles. The van der Waals surface area contributed by atoms with Crippen LogP contribution in [0.1, 0.15) is 5.56 Å². The number of likely N-dealkylation sites (N-methyl/N-ethyl adjacent to an activating group) is 1. The molecule has 0 aromatic heterocycles. The average molecular weight is 229 g/mol. The van der Waals surface area contributed by atoms with Crippen molar-refractivity contribution in [3.05, 3.63) is 28.8 Å². The first kappa shape index (κ1) is 12.3. The van der Waals surface area contributed by atoms with E-state index in [9.17, 15) is 0 Å². The first-order chi connectivity index (χ1) is 7.27. The van der Waals surface area contributed by atoms with Crippen LogP contribution in [-0.4, -0.2) is 27.2 Å². The van der Waals surface area contributed by atoms with Crippen LogP contribution in [0.25, 0.3) is 0 Å². The van der Waals surface area contributed by atoms with Crippen molar-refractivity contribution in [3.63, 3.8) is 0 Å². The Hall–Kier alpha value is -0.770. The largest absolute Gasteiger partial charge is 0.495 e. The summed E-state index contributed by atoms with van der Waals surface area (Å²) < 4.78 is 5.08. The van der Waals surface area contributed by atoms with E-state index in [2.05, 4.69) is 10.6 Å². The Bertz CT molecular complexity index is 305. The highest BCUT2D eigenvalue weighted by Crippen LogP contribution is 2.24. The molecule has 2 N–H and O–H groups in total. The number of hydrogen-bond acceptors (Lipinski definition) is 3. The van der Waals surface area contributed by atoms with Crippen molar-refractivity contribution in [2.45, 2.75) is 6.54 Å². The third kappa shape index (κ3) is 4.08. The molecule has 1 rings (SSSR count). The summed E-state index contributed by atoms with van der Waals surface area (Å²) in [7, 11) is 3.55. The summed E-state index contributed by atoms with van der Waals surface area (Å²) in [5.74, 6) is 0.718. The maximum absolute atomic E-state index is 6.00. The molecule has 0 aliphatic rings. The Morgan fingerprint density at radius 3 is 2.73 bits per heavy atom. The van der Waals surface area contributed by atoms with E-state index in [0.29, 0.717) is 5.02 Å². The molecular formula is C11H17ClN2O. The van der Waals surface area contributed by atoms with Gasteiger partial charge in [0.05, 0.1) is 12.1 Å². The number of hydrogen-bond donors (Lipinski definition) is 2.